The normalized spacial score (nSPS) is 12.1. The van der Waals surface area contributed by atoms with Gasteiger partial charge in [-0.05, 0) is 18.9 Å². The van der Waals surface area contributed by atoms with Crippen molar-refractivity contribution in [2.75, 3.05) is 5.32 Å². The summed E-state index contributed by atoms with van der Waals surface area (Å²) in [6.07, 6.45) is 3.59. The molecule has 0 aliphatic carbocycles. The smallest absolute Gasteiger partial charge is 0.303 e. The number of Topliss-reactive ketones (excluding diaryl/α,β-unsaturated/α-hetero) is 1. The molecule has 27 heavy (non-hydrogen) atoms. The number of nitrogens with zero attached hydrogens (tertiary/aromatic N) is 2. The molecule has 8 heteroatoms. The van der Waals surface area contributed by atoms with Gasteiger partial charge in [-0.25, -0.2) is 4.98 Å². The van der Waals surface area contributed by atoms with Crippen molar-refractivity contribution in [2.45, 2.75) is 58.9 Å². The van der Waals surface area contributed by atoms with Crippen LogP contribution in [-0.4, -0.2) is 33.8 Å². The fourth-order valence-corrected chi connectivity index (χ4v) is 2.45. The Morgan fingerprint density at radius 1 is 1.41 bits per heavy atom. The highest BCUT2D eigenvalue weighted by molar-refractivity contribution is 6.03. The highest BCUT2D eigenvalue weighted by Gasteiger charge is 2.28. The molecule has 0 fully saturated rings. The molecule has 0 unspecified atom stereocenters. The van der Waals surface area contributed by atoms with Crippen molar-refractivity contribution in [3.8, 4) is 6.07 Å². The van der Waals surface area contributed by atoms with Gasteiger partial charge in [-0.1, -0.05) is 33.6 Å². The molecule has 146 valence electrons. The van der Waals surface area contributed by atoms with Crippen LogP contribution in [0.15, 0.2) is 12.3 Å². The number of hydrogen-bond acceptors (Lipinski definition) is 6. The van der Waals surface area contributed by atoms with Crippen molar-refractivity contribution in [1.82, 2.24) is 4.98 Å². The van der Waals surface area contributed by atoms with E-state index in [0.717, 1.165) is 12.8 Å². The topological polar surface area (TPSA) is 146 Å². The second-order valence-electron chi connectivity index (χ2n) is 7.08. The van der Waals surface area contributed by atoms with Gasteiger partial charge in [-0.3, -0.25) is 14.4 Å². The van der Waals surface area contributed by atoms with Crippen molar-refractivity contribution in [3.63, 3.8) is 0 Å². The van der Waals surface area contributed by atoms with Crippen molar-refractivity contribution < 1.29 is 19.5 Å². The van der Waals surface area contributed by atoms with Gasteiger partial charge in [-0.2, -0.15) is 5.26 Å². The van der Waals surface area contributed by atoms with Gasteiger partial charge in [0.25, 0.3) is 0 Å². The Bertz CT molecular complexity index is 753. The molecule has 1 atom stereocenters. The van der Waals surface area contributed by atoms with Gasteiger partial charge in [0.1, 0.15) is 6.07 Å². The van der Waals surface area contributed by atoms with E-state index in [4.69, 9.17) is 10.8 Å². The molecule has 0 saturated carbocycles. The number of aromatic nitrogens is 1. The Morgan fingerprint density at radius 3 is 2.63 bits per heavy atom. The number of rotatable bonds is 10. The maximum absolute atomic E-state index is 12.5. The summed E-state index contributed by atoms with van der Waals surface area (Å²) in [4.78, 5) is 39.6. The highest BCUT2D eigenvalue weighted by atomic mass is 16.4. The number of nitrogens with one attached hydrogen (secondary N) is 1. The summed E-state index contributed by atoms with van der Waals surface area (Å²) in [6, 6.07) is 2.11. The van der Waals surface area contributed by atoms with E-state index >= 15 is 0 Å². The molecular weight excluding hydrogens is 348 g/mol. The molecule has 1 rings (SSSR count). The van der Waals surface area contributed by atoms with Crippen LogP contribution in [-0.2, 0) is 9.59 Å². The third kappa shape index (κ3) is 6.46. The van der Waals surface area contributed by atoms with Crippen molar-refractivity contribution in [2.24, 2.45) is 11.1 Å². The van der Waals surface area contributed by atoms with Crippen LogP contribution in [0, 0.1) is 16.7 Å². The average Bonchev–Trinajstić information content (AvgIpc) is 2.63. The van der Waals surface area contributed by atoms with E-state index in [-0.39, 0.29) is 35.7 Å². The Kier molecular flexibility index (Phi) is 8.06. The lowest BCUT2D eigenvalue weighted by atomic mass is 9.86. The van der Waals surface area contributed by atoms with E-state index in [2.05, 4.69) is 10.3 Å². The molecule has 0 radical (unpaired) electrons. The number of carbonyl (C=O) groups excluding carboxylic acids is 2. The quantitative estimate of drug-likeness (QED) is 0.533. The standard InChI is InChI=1S/C19H26N4O4/c1-4-5-8-19(2,3)18(27)23-12-9-13(15(10-20)22-11-12)17(26)14(21)6-7-16(24)25/h9,11,14H,4-8,21H2,1-3H3,(H,23,27)(H,24,25)/t14-/m0/s1. The number of nitriles is 1. The number of carboxylic acid groups (broad SMARTS) is 1. The summed E-state index contributed by atoms with van der Waals surface area (Å²) >= 11 is 0. The molecule has 1 amide bonds. The van der Waals surface area contributed by atoms with Crippen LogP contribution in [0.25, 0.3) is 0 Å². The number of ketones is 1. The molecule has 8 nitrogen and oxygen atoms in total. The van der Waals surface area contributed by atoms with Crippen LogP contribution in [0.2, 0.25) is 0 Å². The minimum Gasteiger partial charge on any atom is -0.481 e. The summed E-state index contributed by atoms with van der Waals surface area (Å²) in [6.45, 7) is 5.72. The second-order valence-corrected chi connectivity index (χ2v) is 7.08. The zero-order valence-corrected chi connectivity index (χ0v) is 15.9. The number of nitrogens with two attached hydrogens (primary N) is 1. The summed E-state index contributed by atoms with van der Waals surface area (Å²) in [7, 11) is 0. The maximum Gasteiger partial charge on any atom is 0.303 e. The number of carbonyl (C=O) groups is 3. The van der Waals surface area contributed by atoms with Crippen molar-refractivity contribution in [3.05, 3.63) is 23.5 Å². The third-order valence-electron chi connectivity index (χ3n) is 4.29. The molecule has 0 bridgehead atoms. The lowest BCUT2D eigenvalue weighted by Gasteiger charge is -2.23. The Balaban J connectivity index is 3.02. The first-order valence-corrected chi connectivity index (χ1v) is 8.85. The van der Waals surface area contributed by atoms with E-state index in [9.17, 15) is 19.6 Å². The van der Waals surface area contributed by atoms with Gasteiger partial charge < -0.3 is 16.2 Å². The predicted molar refractivity (Wildman–Crippen MR) is 100 cm³/mol. The number of pyridine rings is 1. The summed E-state index contributed by atoms with van der Waals surface area (Å²) in [5.74, 6) is -1.86. The zero-order chi connectivity index (χ0) is 20.6. The van der Waals surface area contributed by atoms with E-state index < -0.39 is 23.2 Å². The lowest BCUT2D eigenvalue weighted by Crippen LogP contribution is -2.33. The average molecular weight is 374 g/mol. The molecule has 1 heterocycles. The Hall–Kier alpha value is -2.79. The number of aliphatic carboxylic acids is 1. The molecule has 1 aromatic rings. The molecule has 1 aromatic heterocycles. The zero-order valence-electron chi connectivity index (χ0n) is 15.9. The minimum atomic E-state index is -1.07. The SMILES string of the molecule is CCCCC(C)(C)C(=O)Nc1cnc(C#N)c(C(=O)[C@@H](N)CCC(=O)O)c1. The van der Waals surface area contributed by atoms with E-state index in [1.165, 1.54) is 12.3 Å². The lowest BCUT2D eigenvalue weighted by molar-refractivity contribution is -0.137. The van der Waals surface area contributed by atoms with Crippen LogP contribution < -0.4 is 11.1 Å². The number of hydrogen-bond donors (Lipinski definition) is 3. The summed E-state index contributed by atoms with van der Waals surface area (Å²) < 4.78 is 0. The van der Waals surface area contributed by atoms with Crippen LogP contribution >= 0.6 is 0 Å². The molecule has 0 aliphatic rings. The summed E-state index contributed by atoms with van der Waals surface area (Å²) in [5.41, 5.74) is 5.31. The predicted octanol–water partition coefficient (Wildman–Crippen LogP) is 2.48. The molecular formula is C19H26N4O4. The number of unbranched alkanes of at least 4 members (excludes halogenated alkanes) is 1. The number of amides is 1. The Morgan fingerprint density at radius 2 is 2.07 bits per heavy atom. The summed E-state index contributed by atoms with van der Waals surface area (Å²) in [5, 5.41) is 20.6. The number of carboxylic acids is 1. The molecule has 0 aromatic carbocycles. The van der Waals surface area contributed by atoms with Crippen LogP contribution in [0.4, 0.5) is 5.69 Å². The molecule has 0 spiro atoms. The monoisotopic (exact) mass is 374 g/mol. The van der Waals surface area contributed by atoms with Crippen LogP contribution in [0.1, 0.15) is 68.9 Å². The van der Waals surface area contributed by atoms with Gasteiger partial charge in [0.15, 0.2) is 11.5 Å². The minimum absolute atomic E-state index is 0.0282. The maximum atomic E-state index is 12.5. The van der Waals surface area contributed by atoms with Gasteiger partial charge >= 0.3 is 5.97 Å². The largest absolute Gasteiger partial charge is 0.481 e. The fraction of sp³-hybridized carbons (Fsp3) is 0.526. The Labute approximate surface area is 158 Å². The first-order chi connectivity index (χ1) is 12.6. The molecule has 4 N–H and O–H groups in total. The van der Waals surface area contributed by atoms with Gasteiger partial charge in [0.2, 0.25) is 5.91 Å². The van der Waals surface area contributed by atoms with Gasteiger partial charge in [0.05, 0.1) is 23.5 Å². The first kappa shape index (κ1) is 22.3. The highest BCUT2D eigenvalue weighted by Crippen LogP contribution is 2.26. The molecule has 0 aliphatic heterocycles. The molecule has 0 saturated heterocycles. The second kappa shape index (κ2) is 9.78. The van der Waals surface area contributed by atoms with E-state index in [0.29, 0.717) is 6.42 Å². The number of anilines is 1. The first-order valence-electron chi connectivity index (χ1n) is 8.85. The van der Waals surface area contributed by atoms with Crippen molar-refractivity contribution in [1.29, 1.82) is 5.26 Å². The van der Waals surface area contributed by atoms with E-state index in [1.54, 1.807) is 0 Å². The van der Waals surface area contributed by atoms with Crippen molar-refractivity contribution >= 4 is 23.3 Å². The van der Waals surface area contributed by atoms with Gasteiger partial charge in [-0.15, -0.1) is 0 Å². The third-order valence-corrected chi connectivity index (χ3v) is 4.29. The fourth-order valence-electron chi connectivity index (χ4n) is 2.45. The van der Waals surface area contributed by atoms with Crippen LogP contribution in [0.5, 0.6) is 0 Å². The van der Waals surface area contributed by atoms with E-state index in [1.807, 2.05) is 26.8 Å². The van der Waals surface area contributed by atoms with Gasteiger partial charge in [0, 0.05) is 11.8 Å². The van der Waals surface area contributed by atoms with Crippen LogP contribution in [0.3, 0.4) is 0 Å².